The first-order valence-electron chi connectivity index (χ1n) is 10.4. The molecule has 0 spiro atoms. The number of aliphatic hydroxyl groups excluding tert-OH is 1. The molecule has 0 radical (unpaired) electrons. The lowest BCUT2D eigenvalue weighted by atomic mass is 9.94. The number of amides is 1. The highest BCUT2D eigenvalue weighted by atomic mass is 16.7. The third-order valence-electron chi connectivity index (χ3n) is 5.79. The number of anilines is 1. The zero-order chi connectivity index (χ0) is 24.0. The number of non-ortho nitro benzene ring substituents is 1. The number of ketones is 1. The van der Waals surface area contributed by atoms with E-state index >= 15 is 0 Å². The molecule has 1 unspecified atom stereocenters. The van der Waals surface area contributed by atoms with E-state index in [1.807, 2.05) is 19.1 Å². The van der Waals surface area contributed by atoms with Crippen molar-refractivity contribution in [3.05, 3.63) is 99.1 Å². The largest absolute Gasteiger partial charge is 0.507 e. The SMILES string of the molecule is Cc1cccc(C2/C(=C(\O)c3ccc([N+](=O)[O-])cc3)C(=O)C(=O)N2c2ccc3c(c2)OCO3)c1. The lowest BCUT2D eigenvalue weighted by Gasteiger charge is -2.26. The summed E-state index contributed by atoms with van der Waals surface area (Å²) in [5.41, 5.74) is 1.85. The van der Waals surface area contributed by atoms with E-state index in [-0.39, 0.29) is 23.6 Å². The van der Waals surface area contributed by atoms with Crippen molar-refractivity contribution < 1.29 is 29.1 Å². The Balaban J connectivity index is 1.69. The molecule has 3 aromatic carbocycles. The van der Waals surface area contributed by atoms with Gasteiger partial charge < -0.3 is 14.6 Å². The number of rotatable bonds is 4. The van der Waals surface area contributed by atoms with Gasteiger partial charge in [-0.3, -0.25) is 24.6 Å². The van der Waals surface area contributed by atoms with Crippen LogP contribution in [0.1, 0.15) is 22.7 Å². The number of nitro benzene ring substituents is 1. The molecule has 170 valence electrons. The van der Waals surface area contributed by atoms with Crippen molar-refractivity contribution in [1.82, 2.24) is 0 Å². The number of carbonyl (C=O) groups is 2. The van der Waals surface area contributed by atoms with Crippen LogP contribution >= 0.6 is 0 Å². The summed E-state index contributed by atoms with van der Waals surface area (Å²) in [5, 5.41) is 22.1. The van der Waals surface area contributed by atoms with Crippen LogP contribution in [0.25, 0.3) is 5.76 Å². The van der Waals surface area contributed by atoms with Crippen molar-refractivity contribution in [2.45, 2.75) is 13.0 Å². The van der Waals surface area contributed by atoms with E-state index in [1.165, 1.54) is 29.2 Å². The van der Waals surface area contributed by atoms with E-state index in [2.05, 4.69) is 0 Å². The third-order valence-corrected chi connectivity index (χ3v) is 5.79. The van der Waals surface area contributed by atoms with Gasteiger partial charge in [0.15, 0.2) is 11.5 Å². The summed E-state index contributed by atoms with van der Waals surface area (Å²) in [4.78, 5) is 38.2. The van der Waals surface area contributed by atoms with Crippen molar-refractivity contribution in [2.75, 3.05) is 11.7 Å². The lowest BCUT2D eigenvalue weighted by Crippen LogP contribution is -2.29. The second-order valence-electron chi connectivity index (χ2n) is 7.92. The molecule has 2 heterocycles. The molecular weight excluding hydrogens is 440 g/mol. The van der Waals surface area contributed by atoms with Gasteiger partial charge in [-0.2, -0.15) is 0 Å². The zero-order valence-electron chi connectivity index (χ0n) is 17.9. The van der Waals surface area contributed by atoms with Gasteiger partial charge in [-0.15, -0.1) is 0 Å². The summed E-state index contributed by atoms with van der Waals surface area (Å²) in [6, 6.07) is 16.4. The Hall–Kier alpha value is -4.66. The molecule has 3 aromatic rings. The van der Waals surface area contributed by atoms with E-state index < -0.39 is 28.4 Å². The Morgan fingerprint density at radius 3 is 2.47 bits per heavy atom. The molecule has 1 amide bonds. The second-order valence-corrected chi connectivity index (χ2v) is 7.92. The first-order valence-corrected chi connectivity index (χ1v) is 10.4. The van der Waals surface area contributed by atoms with Crippen LogP contribution in [0.2, 0.25) is 0 Å². The first kappa shape index (κ1) is 21.2. The van der Waals surface area contributed by atoms with Crippen molar-refractivity contribution in [2.24, 2.45) is 0 Å². The van der Waals surface area contributed by atoms with Gasteiger partial charge in [0, 0.05) is 29.4 Å². The number of benzene rings is 3. The molecule has 0 aromatic heterocycles. The molecule has 1 N–H and O–H groups in total. The van der Waals surface area contributed by atoms with E-state index in [1.54, 1.807) is 30.3 Å². The predicted octanol–water partition coefficient (Wildman–Crippen LogP) is 4.26. The summed E-state index contributed by atoms with van der Waals surface area (Å²) >= 11 is 0. The maximum atomic E-state index is 13.2. The normalized spacial score (nSPS) is 18.4. The number of ether oxygens (including phenoxy) is 2. The lowest BCUT2D eigenvalue weighted by molar-refractivity contribution is -0.384. The maximum Gasteiger partial charge on any atom is 0.300 e. The van der Waals surface area contributed by atoms with Crippen LogP contribution < -0.4 is 14.4 Å². The number of aryl methyl sites for hydroxylation is 1. The molecule has 9 heteroatoms. The Bertz CT molecular complexity index is 1380. The van der Waals surface area contributed by atoms with Gasteiger partial charge in [-0.1, -0.05) is 29.8 Å². The fraction of sp³-hybridized carbons (Fsp3) is 0.120. The standard InChI is InChI=1S/C25H18N2O7/c1-14-3-2-4-16(11-14)22-21(23(28)15-5-7-17(8-6-15)27(31)32)24(29)25(30)26(22)18-9-10-19-20(12-18)34-13-33-19/h2-12,22,28H,13H2,1H3/b23-21+. The second kappa shape index (κ2) is 8.04. The molecule has 5 rings (SSSR count). The van der Waals surface area contributed by atoms with Gasteiger partial charge >= 0.3 is 0 Å². The molecule has 0 aliphatic carbocycles. The van der Waals surface area contributed by atoms with E-state index in [4.69, 9.17) is 9.47 Å². The molecule has 0 saturated carbocycles. The highest BCUT2D eigenvalue weighted by Gasteiger charge is 2.47. The van der Waals surface area contributed by atoms with Crippen molar-refractivity contribution in [3.63, 3.8) is 0 Å². The van der Waals surface area contributed by atoms with Crippen LogP contribution in [-0.2, 0) is 9.59 Å². The van der Waals surface area contributed by atoms with Gasteiger partial charge in [0.2, 0.25) is 6.79 Å². The highest BCUT2D eigenvalue weighted by Crippen LogP contribution is 2.45. The number of hydrogen-bond donors (Lipinski definition) is 1. The molecule has 2 aliphatic heterocycles. The third kappa shape index (κ3) is 3.43. The smallest absolute Gasteiger partial charge is 0.300 e. The Morgan fingerprint density at radius 2 is 1.76 bits per heavy atom. The summed E-state index contributed by atoms with van der Waals surface area (Å²) in [6.07, 6.45) is 0. The molecule has 0 bridgehead atoms. The Labute approximate surface area is 193 Å². The maximum absolute atomic E-state index is 13.2. The minimum Gasteiger partial charge on any atom is -0.507 e. The van der Waals surface area contributed by atoms with Gasteiger partial charge in [0.25, 0.3) is 17.4 Å². The van der Waals surface area contributed by atoms with Gasteiger partial charge in [0.1, 0.15) is 5.76 Å². The average molecular weight is 458 g/mol. The molecular formula is C25H18N2O7. The number of hydrogen-bond acceptors (Lipinski definition) is 7. The van der Waals surface area contributed by atoms with Crippen molar-refractivity contribution in [3.8, 4) is 11.5 Å². The molecule has 9 nitrogen and oxygen atoms in total. The van der Waals surface area contributed by atoms with Crippen molar-refractivity contribution in [1.29, 1.82) is 0 Å². The van der Waals surface area contributed by atoms with E-state index in [9.17, 15) is 24.8 Å². The van der Waals surface area contributed by atoms with Gasteiger partial charge in [0.05, 0.1) is 16.5 Å². The summed E-state index contributed by atoms with van der Waals surface area (Å²) in [6.45, 7) is 1.94. The topological polar surface area (TPSA) is 119 Å². The van der Waals surface area contributed by atoms with Crippen LogP contribution in [0, 0.1) is 17.0 Å². The molecule has 1 atom stereocenters. The summed E-state index contributed by atoms with van der Waals surface area (Å²) in [5.74, 6) is -1.12. The number of Topliss-reactive ketones (excluding diaryl/α,β-unsaturated/α-hetero) is 1. The highest BCUT2D eigenvalue weighted by molar-refractivity contribution is 6.51. The average Bonchev–Trinajstić information content (AvgIpc) is 3.40. The molecule has 2 aliphatic rings. The first-order chi connectivity index (χ1) is 16.3. The minimum atomic E-state index is -0.921. The van der Waals surface area contributed by atoms with E-state index in [0.717, 1.165) is 5.56 Å². The van der Waals surface area contributed by atoms with Crippen LogP contribution in [0.5, 0.6) is 11.5 Å². The monoisotopic (exact) mass is 458 g/mol. The molecule has 1 saturated heterocycles. The summed E-state index contributed by atoms with van der Waals surface area (Å²) < 4.78 is 10.8. The molecule has 1 fully saturated rings. The zero-order valence-corrected chi connectivity index (χ0v) is 17.9. The van der Waals surface area contributed by atoms with Crippen LogP contribution in [-0.4, -0.2) is 28.5 Å². The fourth-order valence-electron chi connectivity index (χ4n) is 4.19. The minimum absolute atomic E-state index is 0.0546. The van der Waals surface area contributed by atoms with Crippen LogP contribution in [0.15, 0.2) is 72.3 Å². The van der Waals surface area contributed by atoms with Crippen LogP contribution in [0.4, 0.5) is 11.4 Å². The number of carbonyl (C=O) groups excluding carboxylic acids is 2. The predicted molar refractivity (Wildman–Crippen MR) is 122 cm³/mol. The number of nitrogens with zero attached hydrogens (tertiary/aromatic N) is 2. The fourth-order valence-corrected chi connectivity index (χ4v) is 4.19. The van der Waals surface area contributed by atoms with Gasteiger partial charge in [-0.05, 0) is 36.8 Å². The van der Waals surface area contributed by atoms with Crippen LogP contribution in [0.3, 0.4) is 0 Å². The quantitative estimate of drug-likeness (QED) is 0.204. The Morgan fingerprint density at radius 1 is 1.03 bits per heavy atom. The van der Waals surface area contributed by atoms with E-state index in [0.29, 0.717) is 22.7 Å². The summed E-state index contributed by atoms with van der Waals surface area (Å²) in [7, 11) is 0. The number of fused-ring (bicyclic) bond motifs is 1. The number of aliphatic hydroxyl groups is 1. The Kier molecular flexibility index (Phi) is 5.01. The molecule has 34 heavy (non-hydrogen) atoms. The van der Waals surface area contributed by atoms with Gasteiger partial charge in [-0.25, -0.2) is 0 Å². The van der Waals surface area contributed by atoms with Crippen molar-refractivity contribution >= 4 is 28.8 Å². The number of nitro groups is 1.